The Hall–Kier alpha value is -0.450. The number of ether oxygens (including phenoxy) is 1. The first kappa shape index (κ1) is 8.64. The van der Waals surface area contributed by atoms with Crippen molar-refractivity contribution in [3.63, 3.8) is 0 Å². The summed E-state index contributed by atoms with van der Waals surface area (Å²) < 4.78 is 7.05. The molecule has 3 heteroatoms. The Kier molecular flexibility index (Phi) is 2.99. The largest absolute Gasteiger partial charge is 0.497 e. The zero-order chi connectivity index (χ0) is 8.27. The van der Waals surface area contributed by atoms with Crippen molar-refractivity contribution in [2.24, 2.45) is 0 Å². The lowest BCUT2D eigenvalue weighted by Gasteiger charge is -2.09. The van der Waals surface area contributed by atoms with Gasteiger partial charge in [0.2, 0.25) is 0 Å². The van der Waals surface area contributed by atoms with Crippen LogP contribution in [0.2, 0.25) is 0 Å². The van der Waals surface area contributed by atoms with Crippen LogP contribution >= 0.6 is 22.9 Å². The first-order valence-corrected chi connectivity index (χ1v) is 4.24. The van der Waals surface area contributed by atoms with Crippen molar-refractivity contribution < 1.29 is 4.74 Å². The van der Waals surface area contributed by atoms with Gasteiger partial charge in [-0.05, 0) is 24.3 Å². The van der Waals surface area contributed by atoms with E-state index in [9.17, 15) is 0 Å². The van der Waals surface area contributed by atoms with E-state index in [4.69, 9.17) is 4.74 Å². The Labute approximate surface area is 80.7 Å². The standard InChI is InChI=1S/C8H10INO/c1-10(9)7-3-5-8(11-2)6-4-7/h3-6H,1-2H3. The smallest absolute Gasteiger partial charge is 0.119 e. The normalized spacial score (nSPS) is 9.36. The number of halogens is 1. The molecule has 0 aromatic heterocycles. The van der Waals surface area contributed by atoms with Gasteiger partial charge in [-0.1, -0.05) is 0 Å². The van der Waals surface area contributed by atoms with Crippen molar-refractivity contribution in [2.75, 3.05) is 17.3 Å². The van der Waals surface area contributed by atoms with Gasteiger partial charge < -0.3 is 7.85 Å². The van der Waals surface area contributed by atoms with Gasteiger partial charge in [-0.15, -0.1) is 0 Å². The van der Waals surface area contributed by atoms with Gasteiger partial charge in [-0.25, -0.2) is 0 Å². The molecule has 60 valence electrons. The van der Waals surface area contributed by atoms with E-state index in [-0.39, 0.29) is 0 Å². The Morgan fingerprint density at radius 3 is 2.18 bits per heavy atom. The lowest BCUT2D eigenvalue weighted by atomic mass is 10.3. The molecule has 1 aromatic rings. The maximum absolute atomic E-state index is 5.03. The maximum Gasteiger partial charge on any atom is 0.119 e. The van der Waals surface area contributed by atoms with Crippen LogP contribution in [0.4, 0.5) is 5.69 Å². The molecule has 0 amide bonds. The molecule has 0 aliphatic rings. The molecule has 0 bridgehead atoms. The molecular weight excluding hydrogens is 253 g/mol. The van der Waals surface area contributed by atoms with Crippen molar-refractivity contribution >= 4 is 28.6 Å². The monoisotopic (exact) mass is 263 g/mol. The van der Waals surface area contributed by atoms with E-state index < -0.39 is 0 Å². The summed E-state index contributed by atoms with van der Waals surface area (Å²) in [6.45, 7) is 0. The molecule has 0 N–H and O–H groups in total. The number of methoxy groups -OCH3 is 1. The molecule has 0 heterocycles. The molecule has 0 radical (unpaired) electrons. The topological polar surface area (TPSA) is 12.5 Å². The van der Waals surface area contributed by atoms with Gasteiger partial charge in [0.1, 0.15) is 5.75 Å². The highest BCUT2D eigenvalue weighted by Gasteiger charge is 1.95. The fraction of sp³-hybridized carbons (Fsp3) is 0.250. The average Bonchev–Trinajstić information content (AvgIpc) is 2.05. The minimum atomic E-state index is 0.895. The van der Waals surface area contributed by atoms with Crippen molar-refractivity contribution in [3.05, 3.63) is 24.3 Å². The Bertz CT molecular complexity index is 220. The van der Waals surface area contributed by atoms with E-state index in [2.05, 4.69) is 22.9 Å². The van der Waals surface area contributed by atoms with Crippen LogP contribution in [0.25, 0.3) is 0 Å². The van der Waals surface area contributed by atoms with E-state index in [1.54, 1.807) is 7.11 Å². The highest BCUT2D eigenvalue weighted by atomic mass is 127. The van der Waals surface area contributed by atoms with Crippen LogP contribution in [0.15, 0.2) is 24.3 Å². The van der Waals surface area contributed by atoms with Crippen LogP contribution in [-0.2, 0) is 0 Å². The zero-order valence-corrected chi connectivity index (χ0v) is 8.70. The van der Waals surface area contributed by atoms with Crippen LogP contribution < -0.4 is 7.85 Å². The summed E-state index contributed by atoms with van der Waals surface area (Å²) >= 11 is 2.22. The summed E-state index contributed by atoms with van der Waals surface area (Å²) in [6.07, 6.45) is 0. The summed E-state index contributed by atoms with van der Waals surface area (Å²) in [4.78, 5) is 0. The third kappa shape index (κ3) is 2.25. The van der Waals surface area contributed by atoms with Crippen LogP contribution in [0.1, 0.15) is 0 Å². The fourth-order valence-corrected chi connectivity index (χ4v) is 1.11. The lowest BCUT2D eigenvalue weighted by Crippen LogP contribution is -1.98. The molecule has 0 spiro atoms. The highest BCUT2D eigenvalue weighted by molar-refractivity contribution is 14.1. The number of hydrogen-bond donors (Lipinski definition) is 0. The van der Waals surface area contributed by atoms with Gasteiger partial charge >= 0.3 is 0 Å². The summed E-state index contributed by atoms with van der Waals surface area (Å²) in [6, 6.07) is 7.94. The predicted octanol–water partition coefficient (Wildman–Crippen LogP) is 2.48. The van der Waals surface area contributed by atoms with Gasteiger partial charge in [-0.3, -0.25) is 0 Å². The average molecular weight is 263 g/mol. The number of rotatable bonds is 2. The summed E-state index contributed by atoms with van der Waals surface area (Å²) in [7, 11) is 3.67. The number of hydrogen-bond acceptors (Lipinski definition) is 2. The van der Waals surface area contributed by atoms with Crippen molar-refractivity contribution in [1.29, 1.82) is 0 Å². The highest BCUT2D eigenvalue weighted by Crippen LogP contribution is 2.19. The van der Waals surface area contributed by atoms with E-state index in [1.807, 2.05) is 34.4 Å². The molecular formula is C8H10INO. The number of nitrogens with zero attached hydrogens (tertiary/aromatic N) is 1. The van der Waals surface area contributed by atoms with Crippen molar-refractivity contribution in [1.82, 2.24) is 0 Å². The van der Waals surface area contributed by atoms with E-state index in [0.29, 0.717) is 0 Å². The Balaban J connectivity index is 2.83. The molecule has 2 nitrogen and oxygen atoms in total. The zero-order valence-electron chi connectivity index (χ0n) is 6.54. The molecule has 0 fully saturated rings. The summed E-state index contributed by atoms with van der Waals surface area (Å²) in [5, 5.41) is 0. The van der Waals surface area contributed by atoms with Gasteiger partial charge in [-0.2, -0.15) is 0 Å². The SMILES string of the molecule is COc1ccc(N(C)I)cc1. The van der Waals surface area contributed by atoms with Crippen molar-refractivity contribution in [2.45, 2.75) is 0 Å². The molecule has 1 rings (SSSR count). The number of benzene rings is 1. The molecule has 0 saturated heterocycles. The van der Waals surface area contributed by atoms with Crippen LogP contribution in [0.3, 0.4) is 0 Å². The fourth-order valence-electron chi connectivity index (χ4n) is 0.788. The molecule has 0 aliphatic heterocycles. The lowest BCUT2D eigenvalue weighted by molar-refractivity contribution is 0.415. The van der Waals surface area contributed by atoms with Gasteiger partial charge in [0.05, 0.1) is 30.0 Å². The second kappa shape index (κ2) is 3.80. The number of anilines is 1. The summed E-state index contributed by atoms with van der Waals surface area (Å²) in [5.74, 6) is 0.895. The minimum Gasteiger partial charge on any atom is -0.497 e. The van der Waals surface area contributed by atoms with Gasteiger partial charge in [0.15, 0.2) is 0 Å². The molecule has 11 heavy (non-hydrogen) atoms. The van der Waals surface area contributed by atoms with Crippen LogP contribution in [-0.4, -0.2) is 14.2 Å². The molecule has 0 atom stereocenters. The van der Waals surface area contributed by atoms with E-state index in [0.717, 1.165) is 5.75 Å². The Morgan fingerprint density at radius 2 is 1.82 bits per heavy atom. The van der Waals surface area contributed by atoms with E-state index in [1.165, 1.54) is 5.69 Å². The molecule has 0 aliphatic carbocycles. The minimum absolute atomic E-state index is 0.895. The predicted molar refractivity (Wildman–Crippen MR) is 55.4 cm³/mol. The maximum atomic E-state index is 5.03. The summed E-state index contributed by atoms with van der Waals surface area (Å²) in [5.41, 5.74) is 1.17. The first-order chi connectivity index (χ1) is 5.24. The van der Waals surface area contributed by atoms with Crippen LogP contribution in [0.5, 0.6) is 5.75 Å². The molecule has 0 unspecified atom stereocenters. The first-order valence-electron chi connectivity index (χ1n) is 3.27. The van der Waals surface area contributed by atoms with Crippen molar-refractivity contribution in [3.8, 4) is 5.75 Å². The Morgan fingerprint density at radius 1 is 1.27 bits per heavy atom. The van der Waals surface area contributed by atoms with E-state index >= 15 is 0 Å². The van der Waals surface area contributed by atoms with Crippen LogP contribution in [0, 0.1) is 0 Å². The third-order valence-electron chi connectivity index (χ3n) is 1.43. The quantitative estimate of drug-likeness (QED) is 0.600. The van der Waals surface area contributed by atoms with Gasteiger partial charge in [0, 0.05) is 12.7 Å². The van der Waals surface area contributed by atoms with Gasteiger partial charge in [0.25, 0.3) is 0 Å². The molecule has 0 saturated carbocycles. The second-order valence-corrected chi connectivity index (χ2v) is 3.62. The second-order valence-electron chi connectivity index (χ2n) is 2.18. The third-order valence-corrected chi connectivity index (χ3v) is 1.99. The molecule has 1 aromatic carbocycles.